The van der Waals surface area contributed by atoms with E-state index in [1.807, 2.05) is 26.0 Å². The number of hydrogen-bond donors (Lipinski definition) is 5. The van der Waals surface area contributed by atoms with E-state index in [2.05, 4.69) is 16.0 Å². The smallest absolute Gasteiger partial charge is 0.315 e. The van der Waals surface area contributed by atoms with E-state index in [0.717, 1.165) is 5.56 Å². The number of carbonyl (C=O) groups excluding carboxylic acids is 1. The Morgan fingerprint density at radius 1 is 1.39 bits per heavy atom. The minimum Gasteiger partial charge on any atom is -0.508 e. The number of rotatable bonds is 6. The molecule has 1 aliphatic heterocycles. The van der Waals surface area contributed by atoms with Crippen molar-refractivity contribution in [1.82, 2.24) is 16.0 Å². The van der Waals surface area contributed by atoms with Gasteiger partial charge in [-0.05, 0) is 19.9 Å². The van der Waals surface area contributed by atoms with Crippen LogP contribution in [0.4, 0.5) is 4.79 Å². The third kappa shape index (κ3) is 5.09. The zero-order valence-electron chi connectivity index (χ0n) is 13.5. The lowest BCUT2D eigenvalue weighted by Crippen LogP contribution is -2.47. The van der Waals surface area contributed by atoms with Crippen molar-refractivity contribution in [2.45, 2.75) is 44.7 Å². The van der Waals surface area contributed by atoms with Crippen LogP contribution in [0.1, 0.15) is 19.4 Å². The minimum absolute atomic E-state index is 0.0531. The van der Waals surface area contributed by atoms with Gasteiger partial charge in [0.25, 0.3) is 0 Å². The molecule has 1 saturated heterocycles. The highest BCUT2D eigenvalue weighted by molar-refractivity contribution is 5.74. The summed E-state index contributed by atoms with van der Waals surface area (Å²) in [5.74, 6) is 0.219. The zero-order chi connectivity index (χ0) is 16.8. The van der Waals surface area contributed by atoms with Crippen LogP contribution in [-0.2, 0) is 11.3 Å². The predicted octanol–water partition coefficient (Wildman–Crippen LogP) is 0.318. The molecule has 0 spiro atoms. The monoisotopic (exact) mass is 323 g/mol. The van der Waals surface area contributed by atoms with E-state index < -0.39 is 12.2 Å². The third-order valence-electron chi connectivity index (χ3n) is 3.71. The summed E-state index contributed by atoms with van der Waals surface area (Å²) in [6.45, 7) is 4.78. The highest BCUT2D eigenvalue weighted by Gasteiger charge is 2.35. The van der Waals surface area contributed by atoms with Crippen LogP contribution in [0.2, 0.25) is 0 Å². The van der Waals surface area contributed by atoms with Crippen LogP contribution in [0.3, 0.4) is 0 Å². The highest BCUT2D eigenvalue weighted by Crippen LogP contribution is 2.18. The molecule has 1 aromatic carbocycles. The number of ether oxygens (including phenoxy) is 1. The molecular formula is C16H25N3O4. The molecule has 0 aromatic heterocycles. The van der Waals surface area contributed by atoms with Crippen molar-refractivity contribution in [2.75, 3.05) is 13.2 Å². The van der Waals surface area contributed by atoms with Crippen molar-refractivity contribution < 1.29 is 19.7 Å². The topological polar surface area (TPSA) is 103 Å². The van der Waals surface area contributed by atoms with Crippen LogP contribution in [0.5, 0.6) is 5.75 Å². The van der Waals surface area contributed by atoms with Crippen molar-refractivity contribution in [3.05, 3.63) is 29.8 Å². The Hall–Kier alpha value is -1.83. The van der Waals surface area contributed by atoms with Gasteiger partial charge in [-0.15, -0.1) is 0 Å². The Morgan fingerprint density at radius 3 is 2.83 bits per heavy atom. The largest absolute Gasteiger partial charge is 0.508 e. The number of urea groups is 1. The fraction of sp³-hybridized carbons (Fsp3) is 0.562. The number of carbonyl (C=O) groups is 1. The van der Waals surface area contributed by atoms with Crippen LogP contribution < -0.4 is 16.0 Å². The molecule has 1 aromatic rings. The average Bonchev–Trinajstić information content (AvgIpc) is 2.84. The average molecular weight is 323 g/mol. The van der Waals surface area contributed by atoms with Gasteiger partial charge in [0.1, 0.15) is 11.9 Å². The van der Waals surface area contributed by atoms with Gasteiger partial charge in [0, 0.05) is 24.7 Å². The number of aliphatic hydroxyl groups excluding tert-OH is 1. The van der Waals surface area contributed by atoms with E-state index in [4.69, 9.17) is 4.74 Å². The summed E-state index contributed by atoms with van der Waals surface area (Å²) in [7, 11) is 0. The number of aromatic hydroxyl groups is 1. The van der Waals surface area contributed by atoms with Crippen LogP contribution >= 0.6 is 0 Å². The number of nitrogens with one attached hydrogen (secondary N) is 3. The Bertz CT molecular complexity index is 524. The molecule has 128 valence electrons. The van der Waals surface area contributed by atoms with Gasteiger partial charge in [0.2, 0.25) is 0 Å². The number of phenolic OH excluding ortho intramolecular Hbond substituents is 1. The Kier molecular flexibility index (Phi) is 6.20. The summed E-state index contributed by atoms with van der Waals surface area (Å²) < 4.78 is 5.53. The van der Waals surface area contributed by atoms with Crippen LogP contribution in [-0.4, -0.2) is 53.7 Å². The Morgan fingerprint density at radius 2 is 2.13 bits per heavy atom. The molecule has 1 heterocycles. The molecule has 0 radical (unpaired) electrons. The number of phenols is 1. The SMILES string of the molecule is CC(C)NC(=O)NC[C@H]1OC[C@@H](NCc2ccccc2O)[C@@H]1O. The van der Waals surface area contributed by atoms with Gasteiger partial charge in [-0.2, -0.15) is 0 Å². The fourth-order valence-corrected chi connectivity index (χ4v) is 2.45. The lowest BCUT2D eigenvalue weighted by molar-refractivity contribution is 0.0425. The molecule has 1 aliphatic rings. The van der Waals surface area contributed by atoms with Gasteiger partial charge in [-0.1, -0.05) is 18.2 Å². The van der Waals surface area contributed by atoms with Crippen molar-refractivity contribution in [3.8, 4) is 5.75 Å². The van der Waals surface area contributed by atoms with Crippen molar-refractivity contribution in [2.24, 2.45) is 0 Å². The van der Waals surface area contributed by atoms with Crippen LogP contribution in [0.15, 0.2) is 24.3 Å². The quantitative estimate of drug-likeness (QED) is 0.519. The molecule has 1 fully saturated rings. The standard InChI is InChI=1S/C16H25N3O4/c1-10(2)19-16(22)18-8-14-15(21)12(9-23-14)17-7-11-5-3-4-6-13(11)20/h3-6,10,12,14-15,17,20-21H,7-9H2,1-2H3,(H2,18,19,22)/t12-,14-,15+/m1/s1. The van der Waals surface area contributed by atoms with E-state index in [9.17, 15) is 15.0 Å². The second kappa shape index (κ2) is 8.14. The maximum absolute atomic E-state index is 11.5. The van der Waals surface area contributed by atoms with Gasteiger partial charge < -0.3 is 30.9 Å². The molecule has 5 N–H and O–H groups in total. The molecule has 7 heteroatoms. The van der Waals surface area contributed by atoms with E-state index in [-0.39, 0.29) is 30.4 Å². The second-order valence-corrected chi connectivity index (χ2v) is 5.99. The zero-order valence-corrected chi connectivity index (χ0v) is 13.5. The predicted molar refractivity (Wildman–Crippen MR) is 86.2 cm³/mol. The fourth-order valence-electron chi connectivity index (χ4n) is 2.45. The number of benzene rings is 1. The van der Waals surface area contributed by atoms with E-state index in [1.165, 1.54) is 0 Å². The summed E-state index contributed by atoms with van der Waals surface area (Å²) in [6, 6.07) is 6.58. The molecule has 2 amide bonds. The first kappa shape index (κ1) is 17.5. The number of hydrogen-bond acceptors (Lipinski definition) is 5. The Balaban J connectivity index is 1.76. The lowest BCUT2D eigenvalue weighted by Gasteiger charge is -2.19. The van der Waals surface area contributed by atoms with Gasteiger partial charge in [-0.25, -0.2) is 4.79 Å². The molecule has 0 saturated carbocycles. The van der Waals surface area contributed by atoms with Crippen LogP contribution in [0.25, 0.3) is 0 Å². The van der Waals surface area contributed by atoms with E-state index >= 15 is 0 Å². The number of aliphatic hydroxyl groups is 1. The summed E-state index contributed by atoms with van der Waals surface area (Å²) in [5, 5.41) is 28.6. The highest BCUT2D eigenvalue weighted by atomic mass is 16.5. The van der Waals surface area contributed by atoms with Crippen molar-refractivity contribution >= 4 is 6.03 Å². The summed E-state index contributed by atoms with van der Waals surface area (Å²) in [5.41, 5.74) is 0.762. The first-order chi connectivity index (χ1) is 11.0. The summed E-state index contributed by atoms with van der Waals surface area (Å²) >= 11 is 0. The van der Waals surface area contributed by atoms with Gasteiger partial charge in [0.05, 0.1) is 18.8 Å². The molecule has 2 rings (SSSR count). The normalized spacial score (nSPS) is 23.9. The minimum atomic E-state index is -0.722. The molecule has 23 heavy (non-hydrogen) atoms. The molecular weight excluding hydrogens is 298 g/mol. The Labute approximate surface area is 136 Å². The van der Waals surface area contributed by atoms with Gasteiger partial charge in [-0.3, -0.25) is 0 Å². The van der Waals surface area contributed by atoms with E-state index in [0.29, 0.717) is 13.2 Å². The van der Waals surface area contributed by atoms with Gasteiger partial charge >= 0.3 is 6.03 Å². The lowest BCUT2D eigenvalue weighted by atomic mass is 10.1. The first-order valence-electron chi connectivity index (χ1n) is 7.81. The summed E-state index contributed by atoms with van der Waals surface area (Å²) in [6.07, 6.45) is -1.17. The second-order valence-electron chi connectivity index (χ2n) is 5.99. The maximum atomic E-state index is 11.5. The number of amides is 2. The summed E-state index contributed by atoms with van der Waals surface area (Å²) in [4.78, 5) is 11.5. The molecule has 0 aliphatic carbocycles. The van der Waals surface area contributed by atoms with E-state index in [1.54, 1.807) is 12.1 Å². The molecule has 0 bridgehead atoms. The number of para-hydroxylation sites is 1. The van der Waals surface area contributed by atoms with Gasteiger partial charge in [0.15, 0.2) is 0 Å². The van der Waals surface area contributed by atoms with Crippen molar-refractivity contribution in [3.63, 3.8) is 0 Å². The first-order valence-corrected chi connectivity index (χ1v) is 7.81. The molecule has 7 nitrogen and oxygen atoms in total. The van der Waals surface area contributed by atoms with Crippen molar-refractivity contribution in [1.29, 1.82) is 0 Å². The molecule has 3 atom stereocenters. The van der Waals surface area contributed by atoms with Crippen LogP contribution in [0, 0.1) is 0 Å². The third-order valence-corrected chi connectivity index (χ3v) is 3.71. The maximum Gasteiger partial charge on any atom is 0.315 e. The molecule has 0 unspecified atom stereocenters.